The normalized spacial score (nSPS) is 11.3. The van der Waals surface area contributed by atoms with Gasteiger partial charge in [-0.3, -0.25) is 0 Å². The summed E-state index contributed by atoms with van der Waals surface area (Å²) >= 11 is 5.64. The van der Waals surface area contributed by atoms with E-state index in [9.17, 15) is 0 Å². The summed E-state index contributed by atoms with van der Waals surface area (Å²) < 4.78 is 5.58. The quantitative estimate of drug-likeness (QED) is 0.533. The first-order chi connectivity index (χ1) is 7.99. The van der Waals surface area contributed by atoms with Crippen LogP contribution in [0.5, 0.6) is 5.75 Å². The van der Waals surface area contributed by atoms with Gasteiger partial charge in [0.1, 0.15) is 12.4 Å². The molecule has 0 heterocycles. The molecule has 1 aromatic rings. The van der Waals surface area contributed by atoms with E-state index in [1.165, 1.54) is 5.56 Å². The Bertz CT molecular complexity index is 365. The molecular formula is C15H21ClO. The molecule has 0 amide bonds. The van der Waals surface area contributed by atoms with Gasteiger partial charge in [-0.15, -0.1) is 11.6 Å². The van der Waals surface area contributed by atoms with Crippen LogP contribution in [0.25, 0.3) is 0 Å². The van der Waals surface area contributed by atoms with Gasteiger partial charge in [-0.05, 0) is 35.1 Å². The van der Waals surface area contributed by atoms with E-state index in [-0.39, 0.29) is 5.41 Å². The molecule has 1 aromatic carbocycles. The van der Waals surface area contributed by atoms with Crippen molar-refractivity contribution in [1.82, 2.24) is 0 Å². The van der Waals surface area contributed by atoms with Crippen molar-refractivity contribution in [3.63, 3.8) is 0 Å². The maximum Gasteiger partial charge on any atom is 0.119 e. The Labute approximate surface area is 109 Å². The molecule has 0 fully saturated rings. The highest BCUT2D eigenvalue weighted by Gasteiger charge is 2.17. The minimum Gasteiger partial charge on any atom is -0.489 e. The monoisotopic (exact) mass is 252 g/mol. The Morgan fingerprint density at radius 2 is 1.88 bits per heavy atom. The lowest BCUT2D eigenvalue weighted by Gasteiger charge is -2.23. The molecule has 0 saturated heterocycles. The van der Waals surface area contributed by atoms with Crippen molar-refractivity contribution in [2.75, 3.05) is 12.5 Å². The molecule has 94 valence electrons. The van der Waals surface area contributed by atoms with Crippen molar-refractivity contribution in [1.29, 1.82) is 0 Å². The molecule has 0 saturated carbocycles. The molecule has 0 bridgehead atoms. The number of halogens is 1. The van der Waals surface area contributed by atoms with Crippen LogP contribution in [-0.2, 0) is 5.41 Å². The van der Waals surface area contributed by atoms with Gasteiger partial charge in [0.05, 0.1) is 0 Å². The molecule has 0 aliphatic carbocycles. The fourth-order valence-corrected chi connectivity index (χ4v) is 1.51. The minimum absolute atomic E-state index is 0.221. The predicted octanol–water partition coefficient (Wildman–Crippen LogP) is 4.55. The molecule has 1 rings (SSSR count). The fourth-order valence-electron chi connectivity index (χ4n) is 1.43. The third kappa shape index (κ3) is 4.08. The van der Waals surface area contributed by atoms with E-state index in [1.54, 1.807) is 0 Å². The first-order valence-electron chi connectivity index (χ1n) is 5.95. The second kappa shape index (κ2) is 6.11. The average Bonchev–Trinajstić information content (AvgIpc) is 2.36. The lowest BCUT2D eigenvalue weighted by atomic mass is 9.82. The first kappa shape index (κ1) is 14.1. The maximum atomic E-state index is 5.64. The lowest BCUT2D eigenvalue weighted by Crippen LogP contribution is -2.15. The highest BCUT2D eigenvalue weighted by Crippen LogP contribution is 2.28. The van der Waals surface area contributed by atoms with Crippen molar-refractivity contribution in [3.8, 4) is 5.75 Å². The third-order valence-electron chi connectivity index (χ3n) is 3.15. The van der Waals surface area contributed by atoms with Gasteiger partial charge in [0.2, 0.25) is 0 Å². The van der Waals surface area contributed by atoms with E-state index < -0.39 is 0 Å². The summed E-state index contributed by atoms with van der Waals surface area (Å²) in [5.41, 5.74) is 2.45. The standard InChI is InChI=1S/C15H21ClO/c1-5-15(3,4)13-6-8-14(9-7-13)17-11-12(2)10-16/h6-9H,2,5,10-11H2,1,3-4H3. The van der Waals surface area contributed by atoms with Gasteiger partial charge in [-0.2, -0.15) is 0 Å². The highest BCUT2D eigenvalue weighted by atomic mass is 35.5. The topological polar surface area (TPSA) is 9.23 Å². The summed E-state index contributed by atoms with van der Waals surface area (Å²) in [5, 5.41) is 0. The smallest absolute Gasteiger partial charge is 0.119 e. The molecule has 17 heavy (non-hydrogen) atoms. The molecule has 0 aliphatic heterocycles. The van der Waals surface area contributed by atoms with E-state index in [0.717, 1.165) is 17.7 Å². The summed E-state index contributed by atoms with van der Waals surface area (Å²) in [6.45, 7) is 11.0. The van der Waals surface area contributed by atoms with E-state index in [1.807, 2.05) is 12.1 Å². The molecule has 2 heteroatoms. The molecule has 0 atom stereocenters. The van der Waals surface area contributed by atoms with Gasteiger partial charge in [0, 0.05) is 5.88 Å². The van der Waals surface area contributed by atoms with E-state index in [2.05, 4.69) is 39.5 Å². The number of ether oxygens (including phenoxy) is 1. The summed E-state index contributed by atoms with van der Waals surface area (Å²) in [4.78, 5) is 0. The average molecular weight is 253 g/mol. The lowest BCUT2D eigenvalue weighted by molar-refractivity contribution is 0.352. The van der Waals surface area contributed by atoms with Crippen LogP contribution in [0.2, 0.25) is 0 Å². The van der Waals surface area contributed by atoms with Crippen LogP contribution < -0.4 is 4.74 Å². The Morgan fingerprint density at radius 3 is 2.35 bits per heavy atom. The summed E-state index contributed by atoms with van der Waals surface area (Å²) in [6, 6.07) is 8.27. The highest BCUT2D eigenvalue weighted by molar-refractivity contribution is 6.19. The van der Waals surface area contributed by atoms with Crippen LogP contribution >= 0.6 is 11.6 Å². The summed E-state index contributed by atoms with van der Waals surface area (Å²) in [6.07, 6.45) is 1.12. The largest absolute Gasteiger partial charge is 0.489 e. The Kier molecular flexibility index (Phi) is 5.07. The van der Waals surface area contributed by atoms with Gasteiger partial charge < -0.3 is 4.74 Å². The molecule has 0 unspecified atom stereocenters. The van der Waals surface area contributed by atoms with Crippen molar-refractivity contribution in [2.45, 2.75) is 32.6 Å². The number of hydrogen-bond acceptors (Lipinski definition) is 1. The van der Waals surface area contributed by atoms with Crippen LogP contribution in [0.15, 0.2) is 36.4 Å². The molecular weight excluding hydrogens is 232 g/mol. The van der Waals surface area contributed by atoms with Crippen LogP contribution in [0.3, 0.4) is 0 Å². The minimum atomic E-state index is 0.221. The molecule has 0 aliphatic rings. The molecule has 0 N–H and O–H groups in total. The number of alkyl halides is 1. The molecule has 0 spiro atoms. The fraction of sp³-hybridized carbons (Fsp3) is 0.467. The Balaban J connectivity index is 2.65. The molecule has 1 nitrogen and oxygen atoms in total. The second-order valence-corrected chi connectivity index (χ2v) is 5.20. The van der Waals surface area contributed by atoms with E-state index >= 15 is 0 Å². The first-order valence-corrected chi connectivity index (χ1v) is 6.49. The van der Waals surface area contributed by atoms with E-state index in [0.29, 0.717) is 12.5 Å². The van der Waals surface area contributed by atoms with Gasteiger partial charge in [-0.1, -0.05) is 39.5 Å². The molecule has 0 aromatic heterocycles. The Hall–Kier alpha value is -0.950. The van der Waals surface area contributed by atoms with Crippen LogP contribution in [0.4, 0.5) is 0 Å². The summed E-state index contributed by atoms with van der Waals surface area (Å²) in [7, 11) is 0. The van der Waals surface area contributed by atoms with Crippen molar-refractivity contribution >= 4 is 11.6 Å². The third-order valence-corrected chi connectivity index (χ3v) is 3.53. The van der Waals surface area contributed by atoms with Crippen molar-refractivity contribution in [2.24, 2.45) is 0 Å². The van der Waals surface area contributed by atoms with Gasteiger partial charge in [0.25, 0.3) is 0 Å². The SMILES string of the molecule is C=C(CCl)COc1ccc(C(C)(C)CC)cc1. The number of hydrogen-bond donors (Lipinski definition) is 0. The number of rotatable bonds is 6. The zero-order chi connectivity index (χ0) is 12.9. The predicted molar refractivity (Wildman–Crippen MR) is 75.1 cm³/mol. The van der Waals surface area contributed by atoms with Gasteiger partial charge in [0.15, 0.2) is 0 Å². The van der Waals surface area contributed by atoms with Crippen LogP contribution in [-0.4, -0.2) is 12.5 Å². The summed E-state index contributed by atoms with van der Waals surface area (Å²) in [5.74, 6) is 1.31. The van der Waals surface area contributed by atoms with Crippen LogP contribution in [0.1, 0.15) is 32.8 Å². The van der Waals surface area contributed by atoms with Crippen molar-refractivity contribution in [3.05, 3.63) is 42.0 Å². The van der Waals surface area contributed by atoms with Crippen molar-refractivity contribution < 1.29 is 4.74 Å². The Morgan fingerprint density at radius 1 is 1.29 bits per heavy atom. The van der Waals surface area contributed by atoms with E-state index in [4.69, 9.17) is 16.3 Å². The zero-order valence-corrected chi connectivity index (χ0v) is 11.7. The van der Waals surface area contributed by atoms with Gasteiger partial charge >= 0.3 is 0 Å². The maximum absolute atomic E-state index is 5.64. The zero-order valence-electron chi connectivity index (χ0n) is 10.9. The van der Waals surface area contributed by atoms with Gasteiger partial charge in [-0.25, -0.2) is 0 Å². The second-order valence-electron chi connectivity index (χ2n) is 4.93. The number of benzene rings is 1. The molecule has 0 radical (unpaired) electrons. The van der Waals surface area contributed by atoms with Crippen LogP contribution in [0, 0.1) is 0 Å².